The highest BCUT2D eigenvalue weighted by atomic mass is 16.5. The number of carbonyl (C=O) groups is 3. The molecule has 0 aliphatic rings. The van der Waals surface area contributed by atoms with Gasteiger partial charge in [0, 0.05) is 6.42 Å². The van der Waals surface area contributed by atoms with E-state index in [-0.39, 0.29) is 12.1 Å². The number of rotatable bonds is 17. The van der Waals surface area contributed by atoms with Crippen LogP contribution in [0.25, 0.3) is 0 Å². The van der Waals surface area contributed by atoms with Crippen molar-refractivity contribution < 1.29 is 33.3 Å². The highest BCUT2D eigenvalue weighted by molar-refractivity contribution is 5.92. The van der Waals surface area contributed by atoms with Gasteiger partial charge in [0.2, 0.25) is 0 Å². The molecule has 0 heterocycles. The molecule has 0 saturated carbocycles. The molecule has 0 unspecified atom stereocenters. The van der Waals surface area contributed by atoms with Crippen LogP contribution in [0.1, 0.15) is 99.3 Å². The van der Waals surface area contributed by atoms with Gasteiger partial charge in [0.25, 0.3) is 0 Å². The second-order valence-corrected chi connectivity index (χ2v) is 9.19. The summed E-state index contributed by atoms with van der Waals surface area (Å²) in [5.41, 5.74) is 0.794. The van der Waals surface area contributed by atoms with Gasteiger partial charge >= 0.3 is 17.9 Å². The van der Waals surface area contributed by atoms with Gasteiger partial charge in [-0.25, -0.2) is 9.59 Å². The largest absolute Gasteiger partial charge is 0.494 e. The Balaban J connectivity index is 1.60. The summed E-state index contributed by atoms with van der Waals surface area (Å²) >= 11 is 0. The normalized spacial score (nSPS) is 10.7. The minimum Gasteiger partial charge on any atom is -0.494 e. The highest BCUT2D eigenvalue weighted by Gasteiger charge is 2.12. The first-order valence-electron chi connectivity index (χ1n) is 13.3. The lowest BCUT2D eigenvalue weighted by atomic mass is 10.1. The van der Waals surface area contributed by atoms with Crippen molar-refractivity contribution in [3.63, 3.8) is 0 Å². The Labute approximate surface area is 220 Å². The van der Waals surface area contributed by atoms with E-state index in [2.05, 4.69) is 6.92 Å². The maximum absolute atomic E-state index is 12.4. The van der Waals surface area contributed by atoms with E-state index in [1.165, 1.54) is 6.42 Å². The number of esters is 3. The fourth-order valence-corrected chi connectivity index (χ4v) is 3.50. The summed E-state index contributed by atoms with van der Waals surface area (Å²) in [4.78, 5) is 35.9. The Hall–Kier alpha value is -3.35. The Morgan fingerprint density at radius 2 is 1.24 bits per heavy atom. The fourth-order valence-electron chi connectivity index (χ4n) is 3.50. The van der Waals surface area contributed by atoms with Crippen LogP contribution in [0.15, 0.2) is 48.5 Å². The molecule has 0 amide bonds. The van der Waals surface area contributed by atoms with Crippen LogP contribution in [0.2, 0.25) is 0 Å². The van der Waals surface area contributed by atoms with Crippen molar-refractivity contribution in [1.82, 2.24) is 0 Å². The van der Waals surface area contributed by atoms with Gasteiger partial charge in [-0.2, -0.15) is 0 Å². The molecule has 7 heteroatoms. The van der Waals surface area contributed by atoms with Gasteiger partial charge in [-0.05, 0) is 94.5 Å². The smallest absolute Gasteiger partial charge is 0.343 e. The molecule has 0 atom stereocenters. The van der Waals surface area contributed by atoms with Crippen LogP contribution in [0.4, 0.5) is 0 Å². The summed E-state index contributed by atoms with van der Waals surface area (Å²) in [5, 5.41) is 0. The third-order valence-electron chi connectivity index (χ3n) is 5.54. The minimum absolute atomic E-state index is 0.0895. The zero-order valence-corrected chi connectivity index (χ0v) is 22.3. The summed E-state index contributed by atoms with van der Waals surface area (Å²) in [6.07, 6.45) is 8.39. The lowest BCUT2D eigenvalue weighted by Crippen LogP contribution is -2.12. The van der Waals surface area contributed by atoms with Gasteiger partial charge in [-0.3, -0.25) is 4.79 Å². The van der Waals surface area contributed by atoms with Crippen LogP contribution in [0, 0.1) is 0 Å². The third-order valence-corrected chi connectivity index (χ3v) is 5.54. The summed E-state index contributed by atoms with van der Waals surface area (Å²) in [5.74, 6) is 0.0197. The Bertz CT molecular complexity index is 949. The predicted molar refractivity (Wildman–Crippen MR) is 142 cm³/mol. The third kappa shape index (κ3) is 12.4. The first-order valence-corrected chi connectivity index (χ1v) is 13.3. The second kappa shape index (κ2) is 17.2. The Morgan fingerprint density at radius 1 is 0.676 bits per heavy atom. The van der Waals surface area contributed by atoms with Crippen molar-refractivity contribution >= 4 is 17.9 Å². The number of hydrogen-bond donors (Lipinski definition) is 0. The molecule has 2 aromatic carbocycles. The van der Waals surface area contributed by atoms with Crippen molar-refractivity contribution in [2.75, 3.05) is 13.2 Å². The molecule has 37 heavy (non-hydrogen) atoms. The fraction of sp³-hybridized carbons (Fsp3) is 0.500. The molecule has 0 N–H and O–H groups in total. The Morgan fingerprint density at radius 3 is 1.86 bits per heavy atom. The maximum Gasteiger partial charge on any atom is 0.343 e. The summed E-state index contributed by atoms with van der Waals surface area (Å²) in [6, 6.07) is 13.0. The lowest BCUT2D eigenvalue weighted by molar-refractivity contribution is -0.143. The van der Waals surface area contributed by atoms with E-state index >= 15 is 0 Å². The quantitative estimate of drug-likeness (QED) is 0.129. The van der Waals surface area contributed by atoms with Crippen LogP contribution in [0.5, 0.6) is 11.5 Å². The van der Waals surface area contributed by atoms with E-state index in [9.17, 15) is 14.4 Å². The molecular formula is C30H40O7. The van der Waals surface area contributed by atoms with E-state index in [0.717, 1.165) is 44.9 Å². The van der Waals surface area contributed by atoms with Crippen molar-refractivity contribution in [1.29, 1.82) is 0 Å². The van der Waals surface area contributed by atoms with Crippen molar-refractivity contribution in [2.24, 2.45) is 0 Å². The zero-order chi connectivity index (χ0) is 26.9. The van der Waals surface area contributed by atoms with Crippen molar-refractivity contribution in [3.8, 4) is 11.5 Å². The van der Waals surface area contributed by atoms with Crippen molar-refractivity contribution in [2.45, 2.75) is 84.7 Å². The summed E-state index contributed by atoms with van der Waals surface area (Å²) < 4.78 is 21.5. The van der Waals surface area contributed by atoms with Crippen molar-refractivity contribution in [3.05, 3.63) is 59.7 Å². The van der Waals surface area contributed by atoms with E-state index < -0.39 is 11.9 Å². The maximum atomic E-state index is 12.4. The molecule has 0 saturated heterocycles. The topological polar surface area (TPSA) is 88.1 Å². The predicted octanol–water partition coefficient (Wildman–Crippen LogP) is 6.92. The van der Waals surface area contributed by atoms with Gasteiger partial charge in [-0.1, -0.05) is 26.2 Å². The molecule has 7 nitrogen and oxygen atoms in total. The minimum atomic E-state index is -0.495. The summed E-state index contributed by atoms with van der Waals surface area (Å²) in [6.45, 7) is 6.78. The van der Waals surface area contributed by atoms with Gasteiger partial charge in [0.15, 0.2) is 0 Å². The van der Waals surface area contributed by atoms with Gasteiger partial charge < -0.3 is 18.9 Å². The van der Waals surface area contributed by atoms with E-state index in [1.54, 1.807) is 62.4 Å². The number of benzene rings is 2. The SMILES string of the molecule is CCCCCCC(=O)OCCCCCCOc1ccc(C(=O)Oc2ccc(C(=O)OC(C)C)cc2)cc1. The molecule has 202 valence electrons. The molecule has 2 aromatic rings. The average Bonchev–Trinajstić information content (AvgIpc) is 2.88. The molecule has 0 bridgehead atoms. The van der Waals surface area contributed by atoms with Gasteiger partial charge in [-0.15, -0.1) is 0 Å². The molecular weight excluding hydrogens is 472 g/mol. The number of ether oxygens (including phenoxy) is 4. The number of hydrogen-bond acceptors (Lipinski definition) is 7. The van der Waals surface area contributed by atoms with Crippen LogP contribution in [-0.2, 0) is 14.3 Å². The van der Waals surface area contributed by atoms with E-state index in [0.29, 0.717) is 42.3 Å². The molecule has 2 rings (SSSR count). The summed E-state index contributed by atoms with van der Waals surface area (Å²) in [7, 11) is 0. The van der Waals surface area contributed by atoms with Crippen LogP contribution in [0.3, 0.4) is 0 Å². The highest BCUT2D eigenvalue weighted by Crippen LogP contribution is 2.18. The zero-order valence-electron chi connectivity index (χ0n) is 22.3. The number of unbranched alkanes of at least 4 members (excludes halogenated alkanes) is 6. The van der Waals surface area contributed by atoms with Gasteiger partial charge in [0.1, 0.15) is 11.5 Å². The van der Waals surface area contributed by atoms with Crippen LogP contribution in [-0.4, -0.2) is 37.2 Å². The average molecular weight is 513 g/mol. The monoisotopic (exact) mass is 512 g/mol. The Kier molecular flexibility index (Phi) is 13.9. The standard InChI is InChI=1S/C30H40O7/c1-4-5-6-9-12-28(31)35-22-11-8-7-10-21-34-26-17-13-25(14-18-26)30(33)37-27-19-15-24(16-20-27)29(32)36-23(2)3/h13-20,23H,4-12,21-22H2,1-3H3. The number of carbonyl (C=O) groups excluding carboxylic acids is 3. The van der Waals surface area contributed by atoms with E-state index in [1.807, 2.05) is 0 Å². The van der Waals surface area contributed by atoms with E-state index in [4.69, 9.17) is 18.9 Å². The molecule has 0 aromatic heterocycles. The van der Waals surface area contributed by atoms with Crippen LogP contribution >= 0.6 is 0 Å². The first-order chi connectivity index (χ1) is 17.9. The molecule has 0 spiro atoms. The lowest BCUT2D eigenvalue weighted by Gasteiger charge is -2.09. The van der Waals surface area contributed by atoms with Crippen LogP contribution < -0.4 is 9.47 Å². The molecule has 0 aliphatic heterocycles. The first kappa shape index (κ1) is 29.9. The molecule has 0 radical (unpaired) electrons. The molecule has 0 fully saturated rings. The second-order valence-electron chi connectivity index (χ2n) is 9.19. The molecule has 0 aliphatic carbocycles. The van der Waals surface area contributed by atoms with Gasteiger partial charge in [0.05, 0.1) is 30.4 Å².